The van der Waals surface area contributed by atoms with Crippen LogP contribution in [0.1, 0.15) is 34.6 Å². The normalized spacial score (nSPS) is 23.5. The van der Waals surface area contributed by atoms with Crippen LogP contribution < -0.4 is 10.6 Å². The van der Waals surface area contributed by atoms with Crippen molar-refractivity contribution < 1.29 is 62.0 Å². The number of rotatable bonds is 10. The summed E-state index contributed by atoms with van der Waals surface area (Å²) in [5, 5.41) is 3.97. The molecule has 208 valence electrons. The third kappa shape index (κ3) is 11.0. The van der Waals surface area contributed by atoms with Gasteiger partial charge in [-0.3, -0.25) is 28.8 Å². The lowest BCUT2D eigenvalue weighted by Crippen LogP contribution is -2.66. The Kier molecular flexibility index (Phi) is 12.8. The summed E-state index contributed by atoms with van der Waals surface area (Å²) < 4.78 is 31.1. The van der Waals surface area contributed by atoms with Crippen molar-refractivity contribution >= 4 is 52.8 Å². The van der Waals surface area contributed by atoms with Crippen LogP contribution in [0.2, 0.25) is 0 Å². The minimum absolute atomic E-state index is 0.233. The van der Waals surface area contributed by atoms with E-state index >= 15 is 0 Å². The average molecular weight is 551 g/mol. The summed E-state index contributed by atoms with van der Waals surface area (Å²) in [6, 6.07) is -1.14. The largest absolute Gasteiger partial charge is 0.467 e. The maximum Gasteiger partial charge on any atom is 0.329 e. The van der Waals surface area contributed by atoms with Crippen LogP contribution in [0.15, 0.2) is 0 Å². The van der Waals surface area contributed by atoms with E-state index in [1.54, 1.807) is 0 Å². The molecule has 0 aromatic carbocycles. The maximum atomic E-state index is 12.7. The lowest BCUT2D eigenvalue weighted by molar-refractivity contribution is -0.255. The molecule has 16 heteroatoms. The Balaban J connectivity index is 3.23. The van der Waals surface area contributed by atoms with Gasteiger partial charge in [-0.2, -0.15) is 0 Å². The molecule has 15 nitrogen and oxygen atoms in total. The molecule has 37 heavy (non-hydrogen) atoms. The molecule has 2 amide bonds. The highest BCUT2D eigenvalue weighted by Gasteiger charge is 2.52. The summed E-state index contributed by atoms with van der Waals surface area (Å²) in [7, 11) is 1.11. The SMILES string of the molecule is COC(=O)[C@H](CSC(=O)N[C@@H]1O[C@H](COC(C)=O)[C@@H](OC(C)=O)[C@H](OC(C)=O)[C@H]1OC(C)=O)NC(C)=O. The second kappa shape index (κ2) is 15.0. The topological polar surface area (TPSA) is 199 Å². The van der Waals surface area contributed by atoms with E-state index in [0.29, 0.717) is 11.8 Å². The lowest BCUT2D eigenvalue weighted by Gasteiger charge is -2.44. The summed E-state index contributed by atoms with van der Waals surface area (Å²) in [5.41, 5.74) is 0. The molecule has 1 fully saturated rings. The van der Waals surface area contributed by atoms with E-state index in [1.165, 1.54) is 6.92 Å². The summed E-state index contributed by atoms with van der Waals surface area (Å²) in [6.07, 6.45) is -7.05. The molecule has 1 saturated heterocycles. The molecule has 1 aliphatic rings. The second-order valence-electron chi connectivity index (χ2n) is 7.64. The predicted molar refractivity (Wildman–Crippen MR) is 123 cm³/mol. The van der Waals surface area contributed by atoms with Crippen molar-refractivity contribution in [3.8, 4) is 0 Å². The van der Waals surface area contributed by atoms with Crippen molar-refractivity contribution in [2.75, 3.05) is 19.5 Å². The molecule has 0 bridgehead atoms. The third-order valence-corrected chi connectivity index (χ3v) is 5.38. The Bertz CT molecular complexity index is 896. The lowest BCUT2D eigenvalue weighted by atomic mass is 9.97. The summed E-state index contributed by atoms with van der Waals surface area (Å²) in [6.45, 7) is 5.02. The molecule has 0 radical (unpaired) electrons. The van der Waals surface area contributed by atoms with Crippen molar-refractivity contribution in [2.45, 2.75) is 71.3 Å². The van der Waals surface area contributed by atoms with Crippen molar-refractivity contribution in [1.82, 2.24) is 10.6 Å². The Morgan fingerprint density at radius 3 is 1.84 bits per heavy atom. The van der Waals surface area contributed by atoms with Gasteiger partial charge < -0.3 is 39.1 Å². The average Bonchev–Trinajstić information content (AvgIpc) is 2.77. The van der Waals surface area contributed by atoms with E-state index in [2.05, 4.69) is 15.4 Å². The molecular formula is C21H30N2O13S. The summed E-state index contributed by atoms with van der Waals surface area (Å²) >= 11 is 0.566. The number of methoxy groups -OCH3 is 1. The Morgan fingerprint density at radius 1 is 0.811 bits per heavy atom. The van der Waals surface area contributed by atoms with Gasteiger partial charge in [0.05, 0.1) is 7.11 Å². The Labute approximate surface area is 216 Å². The van der Waals surface area contributed by atoms with Gasteiger partial charge in [0.1, 0.15) is 18.8 Å². The third-order valence-electron chi connectivity index (χ3n) is 4.50. The first-order valence-corrected chi connectivity index (χ1v) is 11.8. The smallest absolute Gasteiger partial charge is 0.329 e. The minimum atomic E-state index is -1.49. The van der Waals surface area contributed by atoms with Crippen LogP contribution in [-0.2, 0) is 57.2 Å². The Morgan fingerprint density at radius 2 is 1.35 bits per heavy atom. The number of amides is 2. The maximum absolute atomic E-state index is 12.7. The quantitative estimate of drug-likeness (QED) is 0.253. The molecule has 1 rings (SSSR count). The van der Waals surface area contributed by atoms with E-state index in [4.69, 9.17) is 23.7 Å². The van der Waals surface area contributed by atoms with Crippen molar-refractivity contribution in [2.24, 2.45) is 0 Å². The number of carbonyl (C=O) groups excluding carboxylic acids is 7. The van der Waals surface area contributed by atoms with Gasteiger partial charge in [-0.1, -0.05) is 11.8 Å². The molecule has 1 aliphatic heterocycles. The fraction of sp³-hybridized carbons (Fsp3) is 0.667. The molecule has 0 spiro atoms. The number of hydrogen-bond acceptors (Lipinski definition) is 14. The van der Waals surface area contributed by atoms with Gasteiger partial charge in [0, 0.05) is 40.4 Å². The molecule has 0 saturated carbocycles. The zero-order valence-electron chi connectivity index (χ0n) is 21.1. The first-order chi connectivity index (χ1) is 17.2. The molecular weight excluding hydrogens is 520 g/mol. The molecule has 6 atom stereocenters. The molecule has 0 aromatic heterocycles. The minimum Gasteiger partial charge on any atom is -0.467 e. The number of ether oxygens (including phenoxy) is 6. The zero-order valence-corrected chi connectivity index (χ0v) is 21.9. The van der Waals surface area contributed by atoms with E-state index in [0.717, 1.165) is 34.8 Å². The van der Waals surface area contributed by atoms with E-state index in [1.807, 2.05) is 0 Å². The van der Waals surface area contributed by atoms with E-state index in [-0.39, 0.29) is 5.75 Å². The van der Waals surface area contributed by atoms with E-state index < -0.39 is 84.3 Å². The highest BCUT2D eigenvalue weighted by molar-refractivity contribution is 8.13. The van der Waals surface area contributed by atoms with Gasteiger partial charge in [0.15, 0.2) is 24.5 Å². The fourth-order valence-corrected chi connectivity index (χ4v) is 3.95. The molecule has 2 N–H and O–H groups in total. The first-order valence-electron chi connectivity index (χ1n) is 10.8. The fourth-order valence-electron chi connectivity index (χ4n) is 3.22. The first kappa shape index (κ1) is 31.6. The molecule has 1 heterocycles. The van der Waals surface area contributed by atoms with Gasteiger partial charge in [-0.15, -0.1) is 0 Å². The molecule has 0 aliphatic carbocycles. The van der Waals surface area contributed by atoms with Crippen LogP contribution in [-0.4, -0.2) is 97.1 Å². The van der Waals surface area contributed by atoms with Crippen LogP contribution in [0, 0.1) is 0 Å². The number of carbonyl (C=O) groups is 7. The summed E-state index contributed by atoms with van der Waals surface area (Å²) in [5.74, 6) is -4.72. The number of hydrogen-bond donors (Lipinski definition) is 2. The van der Waals surface area contributed by atoms with Crippen molar-refractivity contribution in [3.63, 3.8) is 0 Å². The molecule has 0 unspecified atom stereocenters. The van der Waals surface area contributed by atoms with Gasteiger partial charge >= 0.3 is 29.8 Å². The highest BCUT2D eigenvalue weighted by Crippen LogP contribution is 2.29. The van der Waals surface area contributed by atoms with Gasteiger partial charge in [-0.05, 0) is 0 Å². The Hall–Kier alpha value is -3.40. The second-order valence-corrected chi connectivity index (χ2v) is 8.63. The van der Waals surface area contributed by atoms with Crippen molar-refractivity contribution in [1.29, 1.82) is 0 Å². The summed E-state index contributed by atoms with van der Waals surface area (Å²) in [4.78, 5) is 82.7. The van der Waals surface area contributed by atoms with Crippen molar-refractivity contribution in [3.05, 3.63) is 0 Å². The number of nitrogens with one attached hydrogen (secondary N) is 2. The zero-order chi connectivity index (χ0) is 28.3. The van der Waals surface area contributed by atoms with Crippen LogP contribution in [0.25, 0.3) is 0 Å². The van der Waals surface area contributed by atoms with Crippen LogP contribution in [0.3, 0.4) is 0 Å². The number of thioether (sulfide) groups is 1. The van der Waals surface area contributed by atoms with Gasteiger partial charge in [0.25, 0.3) is 5.24 Å². The van der Waals surface area contributed by atoms with Crippen LogP contribution >= 0.6 is 11.8 Å². The standard InChI is InChI=1S/C21H30N2O13S/c1-9(24)22-14(20(29)31-6)8-37-21(30)23-19-18(35-13(5)28)17(34-12(4)27)16(33-11(3)26)15(36-19)7-32-10(2)25/h14-19H,7-8H2,1-6H3,(H,22,24)(H,23,30)/t14-,15+,16+,17-,18+,19+/m0/s1. The monoisotopic (exact) mass is 550 g/mol. The van der Waals surface area contributed by atoms with Crippen LogP contribution in [0.4, 0.5) is 4.79 Å². The number of esters is 5. The van der Waals surface area contributed by atoms with E-state index in [9.17, 15) is 33.6 Å². The highest BCUT2D eigenvalue weighted by atomic mass is 32.2. The van der Waals surface area contributed by atoms with Gasteiger partial charge in [-0.25, -0.2) is 4.79 Å². The predicted octanol–water partition coefficient (Wildman–Crippen LogP) is -0.810. The van der Waals surface area contributed by atoms with Gasteiger partial charge in [0.2, 0.25) is 5.91 Å². The molecule has 0 aromatic rings. The van der Waals surface area contributed by atoms with Crippen LogP contribution in [0.5, 0.6) is 0 Å².